The van der Waals surface area contributed by atoms with Crippen LogP contribution in [0.25, 0.3) is 11.0 Å². The first-order chi connectivity index (χ1) is 14.6. The van der Waals surface area contributed by atoms with Gasteiger partial charge in [-0.1, -0.05) is 0 Å². The van der Waals surface area contributed by atoms with Crippen LogP contribution in [0.15, 0.2) is 18.6 Å². The van der Waals surface area contributed by atoms with E-state index in [1.165, 1.54) is 24.0 Å². The molecule has 20 heteroatoms. The summed E-state index contributed by atoms with van der Waals surface area (Å²) in [4.78, 5) is 43.9. The van der Waals surface area contributed by atoms with Crippen molar-refractivity contribution in [2.45, 2.75) is 30.6 Å². The molecule has 178 valence electrons. The lowest BCUT2D eigenvalue weighted by Gasteiger charge is -2.28. The third kappa shape index (κ3) is 4.41. The zero-order valence-corrected chi connectivity index (χ0v) is 18.5. The molecule has 7 N–H and O–H groups in total. The molecule has 6 atom stereocenters. The highest BCUT2D eigenvalue weighted by molar-refractivity contribution is 7.66. The summed E-state index contributed by atoms with van der Waals surface area (Å²) in [6.07, 6.45) is 0.567. The van der Waals surface area contributed by atoms with Gasteiger partial charge in [-0.15, -0.1) is 0 Å². The minimum atomic E-state index is -5.68. The molecular formula is C12H17N4O13P3. The number of phosphoric acid groups is 3. The molecule has 32 heavy (non-hydrogen) atoms. The van der Waals surface area contributed by atoms with Crippen molar-refractivity contribution in [3.63, 3.8) is 0 Å². The van der Waals surface area contributed by atoms with E-state index in [9.17, 15) is 28.6 Å². The Kier molecular flexibility index (Phi) is 5.48. The zero-order valence-electron chi connectivity index (χ0n) is 15.9. The van der Waals surface area contributed by atoms with Crippen LogP contribution in [0.5, 0.6) is 0 Å². The number of aromatic nitrogens is 3. The van der Waals surface area contributed by atoms with Gasteiger partial charge in [-0.2, -0.15) is 8.62 Å². The number of hydrogen-bond donors (Lipinski definition) is 6. The van der Waals surface area contributed by atoms with Gasteiger partial charge in [0.2, 0.25) is 5.79 Å². The number of nitrogens with two attached hydrogens (primary N) is 1. The van der Waals surface area contributed by atoms with E-state index in [-0.39, 0.29) is 5.82 Å². The molecule has 2 aliphatic heterocycles. The monoisotopic (exact) mass is 518 g/mol. The summed E-state index contributed by atoms with van der Waals surface area (Å²) < 4.78 is 58.4. The van der Waals surface area contributed by atoms with Crippen molar-refractivity contribution in [1.29, 1.82) is 0 Å². The van der Waals surface area contributed by atoms with Crippen molar-refractivity contribution in [1.82, 2.24) is 14.5 Å². The summed E-state index contributed by atoms with van der Waals surface area (Å²) in [5.41, 5.74) is 4.43. The maximum atomic E-state index is 12.0. The number of ether oxygens (including phenoxy) is 2. The van der Waals surface area contributed by atoms with Gasteiger partial charge < -0.3 is 44.5 Å². The van der Waals surface area contributed by atoms with Gasteiger partial charge in [0.1, 0.15) is 30.0 Å². The van der Waals surface area contributed by atoms with E-state index in [1.807, 2.05) is 0 Å². The Hall–Kier alpha value is -1.29. The average molecular weight is 518 g/mol. The van der Waals surface area contributed by atoms with E-state index < -0.39 is 53.8 Å². The Morgan fingerprint density at radius 2 is 1.84 bits per heavy atom. The first-order valence-corrected chi connectivity index (χ1v) is 13.0. The summed E-state index contributed by atoms with van der Waals surface area (Å²) in [7, 11) is -16.6. The summed E-state index contributed by atoms with van der Waals surface area (Å²) in [5.74, 6) is -1.55. The summed E-state index contributed by atoms with van der Waals surface area (Å²) >= 11 is 0. The fourth-order valence-electron chi connectivity index (χ4n) is 3.39. The van der Waals surface area contributed by atoms with Crippen molar-refractivity contribution in [3.8, 4) is 0 Å². The predicted octanol–water partition coefficient (Wildman–Crippen LogP) is -0.268. The number of phosphoric ester groups is 1. The van der Waals surface area contributed by atoms with Crippen LogP contribution in [0.2, 0.25) is 0 Å². The molecule has 0 aromatic carbocycles. The maximum Gasteiger partial charge on any atom is 0.490 e. The molecule has 0 bridgehead atoms. The SMILES string of the molecule is CC1(O)[C@H](n2ccc3c(N)ncnc32)OC2(COP(=O)(O)OP(=O)(O)OP(=O)(O)O)O[C@@H]21. The number of epoxide rings is 1. The number of rotatable bonds is 8. The topological polar surface area (TPSA) is 259 Å². The van der Waals surface area contributed by atoms with Crippen LogP contribution >= 0.6 is 23.5 Å². The fourth-order valence-corrected chi connectivity index (χ4v) is 6.43. The third-order valence-electron chi connectivity index (χ3n) is 4.64. The van der Waals surface area contributed by atoms with Gasteiger partial charge in [0.15, 0.2) is 12.3 Å². The standard InChI is InChI=1S/C12H17N4O13P3/c1-11(17)9-12(26-9,4-25-31(21,22)29-32(23,24)28-30(18,19)20)27-10(11)16-3-2-6-7(13)14-5-15-8(6)16/h2-3,5,9-10,17H,4H2,1H3,(H,21,22)(H,23,24)(H2,13,14,15)(H2,18,19,20)/t9-,10-,11?,12?/m1/s1. The van der Waals surface area contributed by atoms with Crippen LogP contribution in [0.3, 0.4) is 0 Å². The molecule has 2 fully saturated rings. The molecule has 4 unspecified atom stereocenters. The molecule has 2 aromatic rings. The predicted molar refractivity (Wildman–Crippen MR) is 100 cm³/mol. The van der Waals surface area contributed by atoms with Gasteiger partial charge >= 0.3 is 23.5 Å². The summed E-state index contributed by atoms with van der Waals surface area (Å²) in [5, 5.41) is 11.4. The smallest absolute Gasteiger partial charge is 0.383 e. The minimum Gasteiger partial charge on any atom is -0.383 e. The summed E-state index contributed by atoms with van der Waals surface area (Å²) in [6, 6.07) is 1.59. The highest BCUT2D eigenvalue weighted by Gasteiger charge is 2.76. The van der Waals surface area contributed by atoms with Crippen LogP contribution in [0.4, 0.5) is 5.82 Å². The van der Waals surface area contributed by atoms with Crippen LogP contribution in [-0.2, 0) is 36.3 Å². The number of fused-ring (bicyclic) bond motifs is 2. The molecule has 0 spiro atoms. The zero-order chi connectivity index (χ0) is 23.7. The Morgan fingerprint density at radius 3 is 2.50 bits per heavy atom. The maximum absolute atomic E-state index is 12.0. The molecule has 2 aromatic heterocycles. The Bertz CT molecular complexity index is 1210. The van der Waals surface area contributed by atoms with E-state index in [4.69, 9.17) is 25.0 Å². The van der Waals surface area contributed by atoms with E-state index >= 15 is 0 Å². The van der Waals surface area contributed by atoms with E-state index in [1.54, 1.807) is 6.07 Å². The number of hydrogen-bond acceptors (Lipinski definition) is 12. The van der Waals surface area contributed by atoms with Gasteiger partial charge in [0.05, 0.1) is 5.39 Å². The van der Waals surface area contributed by atoms with Crippen LogP contribution in [0, 0.1) is 0 Å². The average Bonchev–Trinajstić information content (AvgIpc) is 3.10. The molecule has 17 nitrogen and oxygen atoms in total. The highest BCUT2D eigenvalue weighted by Crippen LogP contribution is 2.67. The summed E-state index contributed by atoms with van der Waals surface area (Å²) in [6.45, 7) is 0.503. The molecule has 2 saturated heterocycles. The second kappa shape index (κ2) is 7.35. The highest BCUT2D eigenvalue weighted by atomic mass is 31.3. The quantitative estimate of drug-likeness (QED) is 0.194. The minimum absolute atomic E-state index is 0.190. The number of nitrogen functional groups attached to an aromatic ring is 1. The van der Waals surface area contributed by atoms with E-state index in [0.29, 0.717) is 11.0 Å². The molecule has 2 aliphatic rings. The van der Waals surface area contributed by atoms with Crippen molar-refractivity contribution in [3.05, 3.63) is 18.6 Å². The van der Waals surface area contributed by atoms with Crippen molar-refractivity contribution < 1.29 is 61.0 Å². The van der Waals surface area contributed by atoms with Gasteiger partial charge in [0, 0.05) is 6.20 Å². The van der Waals surface area contributed by atoms with Crippen molar-refractivity contribution in [2.24, 2.45) is 0 Å². The van der Waals surface area contributed by atoms with Gasteiger partial charge in [-0.25, -0.2) is 23.7 Å². The molecule has 0 amide bonds. The molecule has 0 radical (unpaired) electrons. The normalized spacial score (nSPS) is 33.6. The molecule has 0 aliphatic carbocycles. The second-order valence-corrected chi connectivity index (χ2v) is 11.5. The fraction of sp³-hybridized carbons (Fsp3) is 0.500. The number of anilines is 1. The molecular weight excluding hydrogens is 501 g/mol. The largest absolute Gasteiger partial charge is 0.490 e. The van der Waals surface area contributed by atoms with Crippen molar-refractivity contribution in [2.75, 3.05) is 12.3 Å². The first kappa shape index (κ1) is 23.9. The van der Waals surface area contributed by atoms with Gasteiger partial charge in [0.25, 0.3) is 0 Å². The Balaban J connectivity index is 1.49. The lowest BCUT2D eigenvalue weighted by molar-refractivity contribution is -0.189. The molecule has 4 rings (SSSR count). The molecule has 4 heterocycles. The lowest BCUT2D eigenvalue weighted by atomic mass is 10.00. The first-order valence-electron chi connectivity index (χ1n) is 8.49. The van der Waals surface area contributed by atoms with E-state index in [0.717, 1.165) is 0 Å². The van der Waals surface area contributed by atoms with Crippen LogP contribution in [-0.4, -0.2) is 63.3 Å². The molecule has 0 saturated carbocycles. The van der Waals surface area contributed by atoms with Crippen molar-refractivity contribution >= 4 is 40.3 Å². The van der Waals surface area contributed by atoms with E-state index in [2.05, 4.69) is 23.1 Å². The Morgan fingerprint density at radius 1 is 1.16 bits per heavy atom. The number of nitrogens with zero attached hydrogens (tertiary/aromatic N) is 3. The lowest BCUT2D eigenvalue weighted by Crippen LogP contribution is -2.38. The van der Waals surface area contributed by atoms with Crippen LogP contribution < -0.4 is 5.73 Å². The van der Waals surface area contributed by atoms with Gasteiger partial charge in [-0.05, 0) is 13.0 Å². The Labute approximate surface area is 178 Å². The van der Waals surface area contributed by atoms with Gasteiger partial charge in [-0.3, -0.25) is 4.52 Å². The van der Waals surface area contributed by atoms with Crippen LogP contribution in [0.1, 0.15) is 13.2 Å². The third-order valence-corrected chi connectivity index (χ3v) is 8.42. The second-order valence-electron chi connectivity index (χ2n) is 7.09. The number of aliphatic hydroxyl groups is 1.